The van der Waals surface area contributed by atoms with Crippen LogP contribution in [0, 0.1) is 0 Å². The molecule has 1 aliphatic rings. The Morgan fingerprint density at radius 1 is 1.47 bits per heavy atom. The Morgan fingerprint density at radius 2 is 2.29 bits per heavy atom. The lowest BCUT2D eigenvalue weighted by Crippen LogP contribution is -2.34. The van der Waals surface area contributed by atoms with Crippen molar-refractivity contribution < 1.29 is 0 Å². The molecule has 0 unspecified atom stereocenters. The fourth-order valence-corrected chi connectivity index (χ4v) is 3.51. The van der Waals surface area contributed by atoms with Gasteiger partial charge in [0.2, 0.25) is 0 Å². The van der Waals surface area contributed by atoms with Crippen molar-refractivity contribution in [2.24, 2.45) is 0 Å². The lowest BCUT2D eigenvalue weighted by Gasteiger charge is -2.21. The molecule has 0 saturated heterocycles. The third-order valence-electron chi connectivity index (χ3n) is 3.07. The topological polar surface area (TPSA) is 15.3 Å². The van der Waals surface area contributed by atoms with Gasteiger partial charge in [0, 0.05) is 40.4 Å². The lowest BCUT2D eigenvalue weighted by molar-refractivity contribution is 0.263. The summed E-state index contributed by atoms with van der Waals surface area (Å²) in [5.41, 5.74) is 0. The van der Waals surface area contributed by atoms with E-state index in [9.17, 15) is 0 Å². The number of thiophene rings is 1. The van der Waals surface area contributed by atoms with Crippen LogP contribution in [0.5, 0.6) is 0 Å². The molecular weight excluding hydrogens is 296 g/mol. The van der Waals surface area contributed by atoms with E-state index in [4.69, 9.17) is 0 Å². The van der Waals surface area contributed by atoms with E-state index in [1.54, 1.807) is 0 Å². The molecule has 0 amide bonds. The molecule has 2 rings (SSSR count). The second kappa shape index (κ2) is 6.88. The fourth-order valence-electron chi connectivity index (χ4n) is 2.08. The highest BCUT2D eigenvalue weighted by molar-refractivity contribution is 9.10. The van der Waals surface area contributed by atoms with Gasteiger partial charge in [0.1, 0.15) is 0 Å². The highest BCUT2D eigenvalue weighted by atomic mass is 79.9. The Labute approximate surface area is 117 Å². The van der Waals surface area contributed by atoms with Gasteiger partial charge in [0.05, 0.1) is 0 Å². The van der Waals surface area contributed by atoms with Crippen LogP contribution in [0.1, 0.15) is 31.1 Å². The standard InChI is InChI=1S/C13H21BrN2S/c1-2-6-16(12-3-4-12)7-5-15-9-13-8-11(14)10-17-13/h8,10,12,15H,2-7,9H2,1H3. The molecule has 1 aromatic rings. The van der Waals surface area contributed by atoms with Crippen molar-refractivity contribution in [3.05, 3.63) is 20.8 Å². The van der Waals surface area contributed by atoms with Gasteiger partial charge in [0.15, 0.2) is 0 Å². The first-order valence-electron chi connectivity index (χ1n) is 6.47. The molecular formula is C13H21BrN2S. The molecule has 1 aromatic heterocycles. The SMILES string of the molecule is CCCN(CCNCc1cc(Br)cs1)C1CC1. The van der Waals surface area contributed by atoms with E-state index in [1.807, 2.05) is 11.3 Å². The van der Waals surface area contributed by atoms with Gasteiger partial charge in [-0.2, -0.15) is 0 Å². The molecule has 1 saturated carbocycles. The van der Waals surface area contributed by atoms with Crippen LogP contribution < -0.4 is 5.32 Å². The highest BCUT2D eigenvalue weighted by Crippen LogP contribution is 2.26. The van der Waals surface area contributed by atoms with E-state index in [1.165, 1.54) is 41.7 Å². The summed E-state index contributed by atoms with van der Waals surface area (Å²) in [6.45, 7) is 6.83. The second-order valence-corrected chi connectivity index (χ2v) is 6.59. The number of halogens is 1. The van der Waals surface area contributed by atoms with Gasteiger partial charge in [-0.3, -0.25) is 4.90 Å². The first kappa shape index (κ1) is 13.5. The fraction of sp³-hybridized carbons (Fsp3) is 0.692. The predicted molar refractivity (Wildman–Crippen MR) is 78.6 cm³/mol. The lowest BCUT2D eigenvalue weighted by atomic mass is 10.3. The summed E-state index contributed by atoms with van der Waals surface area (Å²) in [7, 11) is 0. The van der Waals surface area contributed by atoms with Gasteiger partial charge in [-0.25, -0.2) is 0 Å². The summed E-state index contributed by atoms with van der Waals surface area (Å²) in [4.78, 5) is 4.04. The minimum Gasteiger partial charge on any atom is -0.311 e. The summed E-state index contributed by atoms with van der Waals surface area (Å²) in [6.07, 6.45) is 4.10. The smallest absolute Gasteiger partial charge is 0.0300 e. The van der Waals surface area contributed by atoms with Gasteiger partial charge in [0.25, 0.3) is 0 Å². The van der Waals surface area contributed by atoms with Crippen LogP contribution in [0.15, 0.2) is 15.9 Å². The Morgan fingerprint density at radius 3 is 2.88 bits per heavy atom. The number of nitrogens with one attached hydrogen (secondary N) is 1. The maximum Gasteiger partial charge on any atom is 0.0300 e. The summed E-state index contributed by atoms with van der Waals surface area (Å²) in [6, 6.07) is 3.09. The molecule has 0 atom stereocenters. The van der Waals surface area contributed by atoms with Crippen LogP contribution in [-0.4, -0.2) is 30.6 Å². The van der Waals surface area contributed by atoms with Crippen LogP contribution in [0.25, 0.3) is 0 Å². The predicted octanol–water partition coefficient (Wildman–Crippen LogP) is 3.47. The maximum atomic E-state index is 3.53. The van der Waals surface area contributed by atoms with Gasteiger partial charge in [-0.1, -0.05) is 6.92 Å². The largest absolute Gasteiger partial charge is 0.311 e. The second-order valence-electron chi connectivity index (χ2n) is 4.68. The summed E-state index contributed by atoms with van der Waals surface area (Å²) >= 11 is 5.30. The molecule has 1 heterocycles. The zero-order valence-corrected chi connectivity index (χ0v) is 12.8. The number of rotatable bonds is 8. The Kier molecular flexibility index (Phi) is 5.48. The minimum atomic E-state index is 0.896. The molecule has 0 aromatic carbocycles. The molecule has 0 radical (unpaired) electrons. The molecule has 1 fully saturated rings. The normalized spacial score (nSPS) is 15.7. The average molecular weight is 317 g/mol. The summed E-state index contributed by atoms with van der Waals surface area (Å²) in [5.74, 6) is 0. The first-order chi connectivity index (χ1) is 8.29. The number of hydrogen-bond acceptors (Lipinski definition) is 3. The molecule has 0 spiro atoms. The number of hydrogen-bond donors (Lipinski definition) is 1. The van der Waals surface area contributed by atoms with Crippen LogP contribution in [-0.2, 0) is 6.54 Å². The van der Waals surface area contributed by atoms with E-state index in [-0.39, 0.29) is 0 Å². The van der Waals surface area contributed by atoms with Gasteiger partial charge in [-0.15, -0.1) is 11.3 Å². The first-order valence-corrected chi connectivity index (χ1v) is 8.14. The van der Waals surface area contributed by atoms with Crippen molar-refractivity contribution in [2.45, 2.75) is 38.8 Å². The quantitative estimate of drug-likeness (QED) is 0.739. The zero-order chi connectivity index (χ0) is 12.1. The third-order valence-corrected chi connectivity index (χ3v) is 4.77. The van der Waals surface area contributed by atoms with E-state index < -0.39 is 0 Å². The molecule has 96 valence electrons. The molecule has 0 bridgehead atoms. The molecule has 4 heteroatoms. The van der Waals surface area contributed by atoms with Gasteiger partial charge < -0.3 is 5.32 Å². The van der Waals surface area contributed by atoms with Crippen molar-refractivity contribution in [2.75, 3.05) is 19.6 Å². The Bertz CT molecular complexity index is 336. The van der Waals surface area contributed by atoms with E-state index >= 15 is 0 Å². The monoisotopic (exact) mass is 316 g/mol. The van der Waals surface area contributed by atoms with Crippen molar-refractivity contribution in [1.29, 1.82) is 0 Å². The molecule has 17 heavy (non-hydrogen) atoms. The Balaban J connectivity index is 1.61. The minimum absolute atomic E-state index is 0.896. The molecule has 1 aliphatic carbocycles. The number of nitrogens with zero attached hydrogens (tertiary/aromatic N) is 1. The highest BCUT2D eigenvalue weighted by Gasteiger charge is 2.27. The van der Waals surface area contributed by atoms with Gasteiger partial charge in [-0.05, 0) is 47.8 Å². The van der Waals surface area contributed by atoms with Crippen molar-refractivity contribution in [1.82, 2.24) is 10.2 Å². The molecule has 0 aliphatic heterocycles. The Hall–Kier alpha value is 0.1000. The van der Waals surface area contributed by atoms with E-state index in [0.29, 0.717) is 0 Å². The third kappa shape index (κ3) is 4.70. The maximum absolute atomic E-state index is 3.53. The van der Waals surface area contributed by atoms with Crippen LogP contribution in [0.3, 0.4) is 0 Å². The molecule has 1 N–H and O–H groups in total. The van der Waals surface area contributed by atoms with Crippen molar-refractivity contribution in [3.8, 4) is 0 Å². The van der Waals surface area contributed by atoms with Crippen LogP contribution in [0.2, 0.25) is 0 Å². The van der Waals surface area contributed by atoms with Crippen molar-refractivity contribution >= 4 is 27.3 Å². The van der Waals surface area contributed by atoms with Gasteiger partial charge >= 0.3 is 0 Å². The summed E-state index contributed by atoms with van der Waals surface area (Å²) in [5, 5.41) is 5.68. The molecule has 2 nitrogen and oxygen atoms in total. The average Bonchev–Trinajstić information content (AvgIpc) is 3.07. The summed E-state index contributed by atoms with van der Waals surface area (Å²) < 4.78 is 1.20. The van der Waals surface area contributed by atoms with E-state index in [0.717, 1.165) is 19.1 Å². The van der Waals surface area contributed by atoms with Crippen LogP contribution >= 0.6 is 27.3 Å². The van der Waals surface area contributed by atoms with E-state index in [2.05, 4.69) is 44.5 Å². The van der Waals surface area contributed by atoms with Crippen LogP contribution in [0.4, 0.5) is 0 Å². The zero-order valence-electron chi connectivity index (χ0n) is 10.4. The van der Waals surface area contributed by atoms with Crippen molar-refractivity contribution in [3.63, 3.8) is 0 Å².